The summed E-state index contributed by atoms with van der Waals surface area (Å²) >= 11 is 0. The summed E-state index contributed by atoms with van der Waals surface area (Å²) in [6.45, 7) is 1.08. The van der Waals surface area contributed by atoms with Crippen LogP contribution in [-0.4, -0.2) is 18.6 Å². The average molecular weight is 212 g/mol. The van der Waals surface area contributed by atoms with Crippen LogP contribution >= 0.6 is 0 Å². The Morgan fingerprint density at radius 1 is 1.31 bits per heavy atom. The number of nitrogens with zero attached hydrogens (tertiary/aromatic N) is 1. The minimum absolute atomic E-state index is 0.402. The second-order valence-electron chi connectivity index (χ2n) is 4.72. The predicted octanol–water partition coefficient (Wildman–Crippen LogP) is 2.49. The predicted molar refractivity (Wildman–Crippen MR) is 66.6 cm³/mol. The van der Waals surface area contributed by atoms with Crippen LogP contribution in [0, 0.1) is 0 Å². The molecule has 1 aliphatic carbocycles. The molecule has 0 atom stereocenters. The molecule has 0 unspecified atom stereocenters. The van der Waals surface area contributed by atoms with E-state index in [1.165, 1.54) is 23.8 Å². The van der Waals surface area contributed by atoms with Crippen molar-refractivity contribution in [2.24, 2.45) is 0 Å². The first-order valence-corrected chi connectivity index (χ1v) is 5.84. The van der Waals surface area contributed by atoms with E-state index in [9.17, 15) is 0 Å². The van der Waals surface area contributed by atoms with Gasteiger partial charge in [-0.05, 0) is 43.7 Å². The van der Waals surface area contributed by atoms with Gasteiger partial charge in [-0.3, -0.25) is 4.98 Å². The number of hydrogen-bond donors (Lipinski definition) is 1. The van der Waals surface area contributed by atoms with Gasteiger partial charge in [-0.15, -0.1) is 0 Å². The molecule has 1 aliphatic rings. The van der Waals surface area contributed by atoms with Crippen LogP contribution in [0.3, 0.4) is 0 Å². The molecule has 2 nitrogen and oxygen atoms in total. The normalized spacial score (nSPS) is 17.6. The molecule has 0 aliphatic heterocycles. The molecule has 1 aromatic carbocycles. The molecule has 2 aromatic rings. The van der Waals surface area contributed by atoms with Crippen molar-refractivity contribution in [2.75, 3.05) is 13.6 Å². The van der Waals surface area contributed by atoms with Crippen molar-refractivity contribution >= 4 is 10.9 Å². The number of pyridine rings is 1. The highest BCUT2D eigenvalue weighted by Crippen LogP contribution is 2.47. The lowest BCUT2D eigenvalue weighted by molar-refractivity contribution is 0.625. The Morgan fingerprint density at radius 2 is 2.19 bits per heavy atom. The van der Waals surface area contributed by atoms with Gasteiger partial charge in [-0.1, -0.05) is 12.1 Å². The van der Waals surface area contributed by atoms with E-state index in [2.05, 4.69) is 34.6 Å². The van der Waals surface area contributed by atoms with Crippen molar-refractivity contribution in [3.8, 4) is 0 Å². The zero-order valence-electron chi connectivity index (χ0n) is 9.53. The fourth-order valence-electron chi connectivity index (χ4n) is 2.46. The maximum Gasteiger partial charge on any atom is 0.0702 e. The summed E-state index contributed by atoms with van der Waals surface area (Å²) in [5, 5.41) is 4.55. The van der Waals surface area contributed by atoms with Crippen LogP contribution < -0.4 is 5.32 Å². The topological polar surface area (TPSA) is 24.9 Å². The van der Waals surface area contributed by atoms with Crippen molar-refractivity contribution in [3.05, 3.63) is 42.1 Å². The summed E-state index contributed by atoms with van der Waals surface area (Å²) in [5.74, 6) is 0. The highest BCUT2D eigenvalue weighted by molar-refractivity contribution is 5.79. The summed E-state index contributed by atoms with van der Waals surface area (Å²) in [6, 6.07) is 10.8. The van der Waals surface area contributed by atoms with E-state index >= 15 is 0 Å². The van der Waals surface area contributed by atoms with Crippen molar-refractivity contribution in [1.29, 1.82) is 0 Å². The summed E-state index contributed by atoms with van der Waals surface area (Å²) in [6.07, 6.45) is 4.46. The molecule has 1 aromatic heterocycles. The number of likely N-dealkylation sites (N-methyl/N-ethyl adjacent to an activating group) is 1. The Hall–Kier alpha value is -1.41. The zero-order chi connectivity index (χ0) is 11.0. The van der Waals surface area contributed by atoms with Crippen LogP contribution in [0.5, 0.6) is 0 Å². The maximum absolute atomic E-state index is 4.36. The van der Waals surface area contributed by atoms with Crippen LogP contribution in [0.4, 0.5) is 0 Å². The van der Waals surface area contributed by atoms with Crippen LogP contribution in [-0.2, 0) is 5.41 Å². The second kappa shape index (κ2) is 3.56. The van der Waals surface area contributed by atoms with Gasteiger partial charge in [0.05, 0.1) is 5.52 Å². The zero-order valence-corrected chi connectivity index (χ0v) is 9.53. The lowest BCUT2D eigenvalue weighted by atomic mass is 9.94. The summed E-state index contributed by atoms with van der Waals surface area (Å²) in [5.41, 5.74) is 2.95. The van der Waals surface area contributed by atoms with Crippen LogP contribution in [0.25, 0.3) is 10.9 Å². The number of benzene rings is 1. The Bertz CT molecular complexity index is 515. The molecule has 0 amide bonds. The van der Waals surface area contributed by atoms with E-state index < -0.39 is 0 Å². The molecule has 1 fully saturated rings. The Kier molecular flexibility index (Phi) is 2.18. The largest absolute Gasteiger partial charge is 0.319 e. The van der Waals surface area contributed by atoms with E-state index in [1.54, 1.807) is 0 Å². The fraction of sp³-hybridized carbons (Fsp3) is 0.357. The summed E-state index contributed by atoms with van der Waals surface area (Å²) < 4.78 is 0. The van der Waals surface area contributed by atoms with Gasteiger partial charge in [-0.2, -0.15) is 0 Å². The first-order chi connectivity index (χ1) is 7.84. The standard InChI is InChI=1S/C14H16N2/c1-15-10-14(6-7-14)12-4-5-13-11(9-12)3-2-8-16-13/h2-5,8-9,15H,6-7,10H2,1H3. The van der Waals surface area contributed by atoms with Crippen molar-refractivity contribution < 1.29 is 0 Å². The third kappa shape index (κ3) is 1.50. The van der Waals surface area contributed by atoms with E-state index in [-0.39, 0.29) is 0 Å². The molecule has 2 heteroatoms. The lowest BCUT2D eigenvalue weighted by Crippen LogP contribution is -2.23. The van der Waals surface area contributed by atoms with E-state index in [0.717, 1.165) is 12.1 Å². The highest BCUT2D eigenvalue weighted by atomic mass is 14.8. The molecule has 1 N–H and O–H groups in total. The van der Waals surface area contributed by atoms with Gasteiger partial charge in [0.15, 0.2) is 0 Å². The van der Waals surface area contributed by atoms with E-state index in [4.69, 9.17) is 0 Å². The number of fused-ring (bicyclic) bond motifs is 1. The Morgan fingerprint density at radius 3 is 2.94 bits per heavy atom. The molecule has 16 heavy (non-hydrogen) atoms. The Balaban J connectivity index is 2.05. The maximum atomic E-state index is 4.36. The van der Waals surface area contributed by atoms with Gasteiger partial charge in [0, 0.05) is 23.5 Å². The van der Waals surface area contributed by atoms with Gasteiger partial charge < -0.3 is 5.32 Å². The number of rotatable bonds is 3. The van der Waals surface area contributed by atoms with Crippen molar-refractivity contribution in [3.63, 3.8) is 0 Å². The molecule has 82 valence electrons. The monoisotopic (exact) mass is 212 g/mol. The minimum atomic E-state index is 0.402. The molecule has 1 heterocycles. The molecule has 0 bridgehead atoms. The number of hydrogen-bond acceptors (Lipinski definition) is 2. The Labute approximate surface area is 95.7 Å². The second-order valence-corrected chi connectivity index (χ2v) is 4.72. The average Bonchev–Trinajstić information content (AvgIpc) is 3.10. The minimum Gasteiger partial charge on any atom is -0.319 e. The molecule has 0 spiro atoms. The molecule has 1 saturated carbocycles. The highest BCUT2D eigenvalue weighted by Gasteiger charge is 2.43. The summed E-state index contributed by atoms with van der Waals surface area (Å²) in [7, 11) is 2.03. The fourth-order valence-corrected chi connectivity index (χ4v) is 2.46. The van der Waals surface area contributed by atoms with Gasteiger partial charge in [-0.25, -0.2) is 0 Å². The molecular weight excluding hydrogens is 196 g/mol. The van der Waals surface area contributed by atoms with Crippen molar-refractivity contribution in [2.45, 2.75) is 18.3 Å². The van der Waals surface area contributed by atoms with Crippen LogP contribution in [0.1, 0.15) is 18.4 Å². The molecular formula is C14H16N2. The SMILES string of the molecule is CNCC1(c2ccc3ncccc3c2)CC1. The number of aromatic nitrogens is 1. The van der Waals surface area contributed by atoms with E-state index in [1.807, 2.05) is 19.3 Å². The van der Waals surface area contributed by atoms with Crippen LogP contribution in [0.2, 0.25) is 0 Å². The van der Waals surface area contributed by atoms with Gasteiger partial charge in [0.1, 0.15) is 0 Å². The number of nitrogens with one attached hydrogen (secondary N) is 1. The third-order valence-corrected chi connectivity index (χ3v) is 3.58. The molecule has 3 rings (SSSR count). The van der Waals surface area contributed by atoms with Crippen LogP contribution in [0.15, 0.2) is 36.5 Å². The third-order valence-electron chi connectivity index (χ3n) is 3.58. The molecule has 0 radical (unpaired) electrons. The van der Waals surface area contributed by atoms with Gasteiger partial charge >= 0.3 is 0 Å². The van der Waals surface area contributed by atoms with Gasteiger partial charge in [0.2, 0.25) is 0 Å². The van der Waals surface area contributed by atoms with E-state index in [0.29, 0.717) is 5.41 Å². The first-order valence-electron chi connectivity index (χ1n) is 5.84. The lowest BCUT2D eigenvalue weighted by Gasteiger charge is -2.15. The first kappa shape index (κ1) is 9.79. The van der Waals surface area contributed by atoms with Gasteiger partial charge in [0.25, 0.3) is 0 Å². The summed E-state index contributed by atoms with van der Waals surface area (Å²) in [4.78, 5) is 4.36. The van der Waals surface area contributed by atoms with Crippen molar-refractivity contribution in [1.82, 2.24) is 10.3 Å². The molecule has 0 saturated heterocycles. The quantitative estimate of drug-likeness (QED) is 0.845. The smallest absolute Gasteiger partial charge is 0.0702 e.